The Morgan fingerprint density at radius 2 is 1.65 bits per heavy atom. The number of rotatable bonds is 5. The van der Waals surface area contributed by atoms with Gasteiger partial charge >= 0.3 is 5.97 Å². The summed E-state index contributed by atoms with van der Waals surface area (Å²) in [4.78, 5) is 9.85. The van der Waals surface area contributed by atoms with Crippen LogP contribution >= 0.6 is 0 Å². The smallest absolute Gasteiger partial charge is 0.311 e. The Labute approximate surface area is 150 Å². The van der Waals surface area contributed by atoms with Crippen LogP contribution in [0.1, 0.15) is 6.42 Å². The molecule has 3 unspecified atom stereocenters. The van der Waals surface area contributed by atoms with Gasteiger partial charge < -0.3 is 14.6 Å². The summed E-state index contributed by atoms with van der Waals surface area (Å²) in [7, 11) is -4.10. The predicted molar refractivity (Wildman–Crippen MR) is 92.1 cm³/mol. The van der Waals surface area contributed by atoms with Crippen molar-refractivity contribution in [2.75, 3.05) is 0 Å². The molecule has 0 spiro atoms. The molecule has 0 saturated carbocycles. The van der Waals surface area contributed by atoms with E-state index in [0.717, 1.165) is 0 Å². The standard InChI is InChI=1S/C19H16O6S/c20-17(21)16-13-18(24-14-7-3-1-4-8-14)11-12-19(16,25-18)26(22,23)15-9-5-2-6-10-15/h1-12,16H,13H2,(H,20,21). The topological polar surface area (TPSA) is 89.9 Å². The van der Waals surface area contributed by atoms with Crippen molar-refractivity contribution in [2.24, 2.45) is 5.92 Å². The first-order chi connectivity index (χ1) is 12.4. The van der Waals surface area contributed by atoms with E-state index in [1.54, 1.807) is 42.5 Å². The number of benzene rings is 2. The lowest BCUT2D eigenvalue weighted by Crippen LogP contribution is -2.44. The molecule has 0 amide bonds. The van der Waals surface area contributed by atoms with Crippen molar-refractivity contribution >= 4 is 15.8 Å². The van der Waals surface area contributed by atoms with Crippen LogP contribution in [0.3, 0.4) is 0 Å². The van der Waals surface area contributed by atoms with E-state index >= 15 is 0 Å². The second-order valence-corrected chi connectivity index (χ2v) is 8.41. The molecule has 1 fully saturated rings. The van der Waals surface area contributed by atoms with E-state index in [4.69, 9.17) is 9.47 Å². The van der Waals surface area contributed by atoms with Crippen molar-refractivity contribution in [2.45, 2.75) is 22.0 Å². The predicted octanol–water partition coefficient (Wildman–Crippen LogP) is 2.62. The van der Waals surface area contributed by atoms with E-state index in [2.05, 4.69) is 0 Å². The number of sulfone groups is 1. The lowest BCUT2D eigenvalue weighted by Gasteiger charge is -2.27. The van der Waals surface area contributed by atoms with E-state index < -0.39 is 32.4 Å². The maximum atomic E-state index is 13.2. The van der Waals surface area contributed by atoms with Crippen molar-refractivity contribution in [3.05, 3.63) is 72.8 Å². The highest BCUT2D eigenvalue weighted by Crippen LogP contribution is 2.54. The minimum Gasteiger partial charge on any atom is -0.481 e. The van der Waals surface area contributed by atoms with E-state index in [1.807, 2.05) is 6.07 Å². The van der Waals surface area contributed by atoms with Crippen molar-refractivity contribution < 1.29 is 27.8 Å². The normalized spacial score (nSPS) is 29.6. The quantitative estimate of drug-likeness (QED) is 0.812. The van der Waals surface area contributed by atoms with Crippen LogP contribution in [0.25, 0.3) is 0 Å². The number of carboxylic acid groups (broad SMARTS) is 1. The first-order valence-corrected chi connectivity index (χ1v) is 9.54. The number of hydrogen-bond donors (Lipinski definition) is 1. The first-order valence-electron chi connectivity index (χ1n) is 8.06. The Morgan fingerprint density at radius 1 is 1.04 bits per heavy atom. The number of aliphatic carboxylic acids is 1. The van der Waals surface area contributed by atoms with Crippen LogP contribution in [0.4, 0.5) is 0 Å². The van der Waals surface area contributed by atoms with Gasteiger partial charge in [-0.25, -0.2) is 8.42 Å². The number of carboxylic acids is 1. The lowest BCUT2D eigenvalue weighted by molar-refractivity contribution is -0.144. The number of hydrogen-bond acceptors (Lipinski definition) is 5. The highest BCUT2D eigenvalue weighted by atomic mass is 32.2. The number of ether oxygens (including phenoxy) is 2. The van der Waals surface area contributed by atoms with Gasteiger partial charge in [-0.3, -0.25) is 4.79 Å². The average Bonchev–Trinajstić information content (AvgIpc) is 3.18. The fourth-order valence-corrected chi connectivity index (χ4v) is 5.40. The third-order valence-electron chi connectivity index (χ3n) is 4.68. The Morgan fingerprint density at radius 3 is 2.27 bits per heavy atom. The zero-order valence-electron chi connectivity index (χ0n) is 13.6. The van der Waals surface area contributed by atoms with Gasteiger partial charge in [0.15, 0.2) is 0 Å². The summed E-state index contributed by atoms with van der Waals surface area (Å²) in [5.74, 6) is -3.48. The minimum absolute atomic E-state index is 0.00770. The molecule has 2 aliphatic rings. The molecular weight excluding hydrogens is 356 g/mol. The summed E-state index contributed by atoms with van der Waals surface area (Å²) < 4.78 is 38.2. The molecule has 1 saturated heterocycles. The molecule has 3 atom stereocenters. The molecule has 0 aromatic heterocycles. The molecule has 26 heavy (non-hydrogen) atoms. The Bertz CT molecular complexity index is 970. The van der Waals surface area contributed by atoms with Gasteiger partial charge in [-0.1, -0.05) is 36.4 Å². The van der Waals surface area contributed by atoms with Crippen LogP contribution < -0.4 is 4.74 Å². The molecule has 1 N–H and O–H groups in total. The Balaban J connectivity index is 1.77. The van der Waals surface area contributed by atoms with E-state index in [-0.39, 0.29) is 11.3 Å². The molecule has 134 valence electrons. The first kappa shape index (κ1) is 16.8. The molecule has 2 heterocycles. The van der Waals surface area contributed by atoms with Gasteiger partial charge in [-0.2, -0.15) is 0 Å². The van der Waals surface area contributed by atoms with Crippen LogP contribution in [0.15, 0.2) is 77.7 Å². The lowest BCUT2D eigenvalue weighted by atomic mass is 9.92. The monoisotopic (exact) mass is 372 g/mol. The summed E-state index contributed by atoms with van der Waals surface area (Å²) in [5.41, 5.74) is 0. The third-order valence-corrected chi connectivity index (χ3v) is 6.92. The molecule has 6 nitrogen and oxygen atoms in total. The van der Waals surface area contributed by atoms with Gasteiger partial charge in [0.1, 0.15) is 11.7 Å². The summed E-state index contributed by atoms with van der Waals surface area (Å²) in [6.07, 6.45) is 2.71. The summed E-state index contributed by atoms with van der Waals surface area (Å²) in [6, 6.07) is 16.5. The molecule has 2 aromatic rings. The third kappa shape index (κ3) is 2.35. The van der Waals surface area contributed by atoms with Crippen molar-refractivity contribution in [3.63, 3.8) is 0 Å². The molecule has 2 aliphatic heterocycles. The van der Waals surface area contributed by atoms with Gasteiger partial charge in [-0.05, 0) is 36.4 Å². The van der Waals surface area contributed by atoms with Gasteiger partial charge in [0.25, 0.3) is 0 Å². The summed E-state index contributed by atoms with van der Waals surface area (Å²) in [6.45, 7) is 0. The van der Waals surface area contributed by atoms with E-state index in [1.165, 1.54) is 24.3 Å². The van der Waals surface area contributed by atoms with Crippen molar-refractivity contribution in [3.8, 4) is 5.75 Å². The van der Waals surface area contributed by atoms with Crippen LogP contribution in [0.5, 0.6) is 5.75 Å². The van der Waals surface area contributed by atoms with Crippen molar-refractivity contribution in [1.29, 1.82) is 0 Å². The second-order valence-electron chi connectivity index (χ2n) is 6.30. The van der Waals surface area contributed by atoms with Crippen LogP contribution in [-0.4, -0.2) is 30.2 Å². The fourth-order valence-electron chi connectivity index (χ4n) is 3.46. The SMILES string of the molecule is O=C(O)C1CC2(Oc3ccccc3)C=CC1(S(=O)(=O)c1ccccc1)O2. The molecule has 7 heteroatoms. The molecule has 4 rings (SSSR count). The van der Waals surface area contributed by atoms with Crippen LogP contribution in [0, 0.1) is 5.92 Å². The average molecular weight is 372 g/mol. The van der Waals surface area contributed by atoms with Crippen molar-refractivity contribution in [1.82, 2.24) is 0 Å². The Kier molecular flexibility index (Phi) is 3.68. The number of fused-ring (bicyclic) bond motifs is 2. The van der Waals surface area contributed by atoms with Gasteiger partial charge in [0.2, 0.25) is 20.6 Å². The van der Waals surface area contributed by atoms with Crippen LogP contribution in [0.2, 0.25) is 0 Å². The molecular formula is C19H16O6S. The largest absolute Gasteiger partial charge is 0.481 e. The highest BCUT2D eigenvalue weighted by molar-refractivity contribution is 7.93. The molecule has 2 aromatic carbocycles. The van der Waals surface area contributed by atoms with Crippen LogP contribution in [-0.2, 0) is 19.4 Å². The molecule has 0 radical (unpaired) electrons. The number of para-hydroxylation sites is 1. The summed E-state index contributed by atoms with van der Waals surface area (Å²) in [5, 5.41) is 9.66. The molecule has 0 aliphatic carbocycles. The highest BCUT2D eigenvalue weighted by Gasteiger charge is 2.69. The second kappa shape index (κ2) is 5.69. The van der Waals surface area contributed by atoms with E-state index in [0.29, 0.717) is 5.75 Å². The maximum Gasteiger partial charge on any atom is 0.311 e. The number of carbonyl (C=O) groups is 1. The van der Waals surface area contributed by atoms with Gasteiger partial charge in [0.05, 0.1) is 4.90 Å². The van der Waals surface area contributed by atoms with Gasteiger partial charge in [-0.15, -0.1) is 0 Å². The molecule has 2 bridgehead atoms. The zero-order valence-corrected chi connectivity index (χ0v) is 14.4. The fraction of sp³-hybridized carbons (Fsp3) is 0.211. The summed E-state index contributed by atoms with van der Waals surface area (Å²) >= 11 is 0. The minimum atomic E-state index is -4.10. The maximum absolute atomic E-state index is 13.2. The Hall–Kier alpha value is -2.64. The zero-order chi connectivity index (χ0) is 18.4. The van der Waals surface area contributed by atoms with Gasteiger partial charge in [0, 0.05) is 6.42 Å². The van der Waals surface area contributed by atoms with E-state index in [9.17, 15) is 18.3 Å².